The van der Waals surface area contributed by atoms with E-state index in [-0.39, 0.29) is 5.91 Å². The van der Waals surface area contributed by atoms with Crippen LogP contribution < -0.4 is 10.1 Å². The van der Waals surface area contributed by atoms with Crippen molar-refractivity contribution in [1.29, 1.82) is 0 Å². The molecule has 2 aromatic rings. The molecule has 1 aromatic heterocycles. The maximum atomic E-state index is 12.6. The van der Waals surface area contributed by atoms with E-state index in [0.717, 1.165) is 23.5 Å². The lowest BCUT2D eigenvalue weighted by atomic mass is 10.2. The standard InChI is InChI=1S/C18H20N4O3/c1-25-17-5-3-2-4-15(17)20-14-6-7-19-16(12-14)18(24)22-10-8-21(13-23)9-11-22/h2-7,12-13H,8-11H2,1H3,(H,19,20). The predicted octanol–water partition coefficient (Wildman–Crippen LogP) is 1.75. The van der Waals surface area contributed by atoms with E-state index in [1.165, 1.54) is 0 Å². The molecule has 0 spiro atoms. The molecule has 0 unspecified atom stereocenters. The van der Waals surface area contributed by atoms with Crippen molar-refractivity contribution in [2.24, 2.45) is 0 Å². The summed E-state index contributed by atoms with van der Waals surface area (Å²) in [5.74, 6) is 0.589. The molecule has 0 bridgehead atoms. The number of hydrogen-bond acceptors (Lipinski definition) is 5. The first-order valence-corrected chi connectivity index (χ1v) is 8.06. The van der Waals surface area contributed by atoms with Gasteiger partial charge >= 0.3 is 0 Å². The van der Waals surface area contributed by atoms with Crippen LogP contribution in [0, 0.1) is 0 Å². The molecule has 1 saturated heterocycles. The lowest BCUT2D eigenvalue weighted by molar-refractivity contribution is -0.119. The minimum atomic E-state index is -0.130. The number of benzene rings is 1. The third kappa shape index (κ3) is 3.88. The molecule has 0 radical (unpaired) electrons. The topological polar surface area (TPSA) is 74.8 Å². The van der Waals surface area contributed by atoms with E-state index >= 15 is 0 Å². The normalized spacial score (nSPS) is 14.1. The molecule has 0 saturated carbocycles. The molecule has 2 heterocycles. The van der Waals surface area contributed by atoms with Gasteiger partial charge in [-0.3, -0.25) is 14.6 Å². The zero-order valence-corrected chi connectivity index (χ0v) is 14.0. The summed E-state index contributed by atoms with van der Waals surface area (Å²) >= 11 is 0. The number of nitrogens with one attached hydrogen (secondary N) is 1. The SMILES string of the molecule is COc1ccccc1Nc1ccnc(C(=O)N2CCN(C=O)CC2)c1. The first kappa shape index (κ1) is 16.8. The first-order valence-electron chi connectivity index (χ1n) is 8.06. The Kier molecular flexibility index (Phi) is 5.13. The van der Waals surface area contributed by atoms with Gasteiger partial charge in [0.2, 0.25) is 6.41 Å². The molecule has 1 aliphatic heterocycles. The molecule has 1 N–H and O–H groups in total. The van der Waals surface area contributed by atoms with E-state index in [1.54, 1.807) is 35.2 Å². The molecule has 2 amide bonds. The Morgan fingerprint density at radius 3 is 2.68 bits per heavy atom. The van der Waals surface area contributed by atoms with Crippen LogP contribution in [0.15, 0.2) is 42.6 Å². The number of amides is 2. The molecule has 7 nitrogen and oxygen atoms in total. The molecular weight excluding hydrogens is 320 g/mol. The number of nitrogens with zero attached hydrogens (tertiary/aromatic N) is 3. The number of piperazine rings is 1. The van der Waals surface area contributed by atoms with Crippen LogP contribution in [0.1, 0.15) is 10.5 Å². The molecular formula is C18H20N4O3. The van der Waals surface area contributed by atoms with Crippen LogP contribution >= 0.6 is 0 Å². The van der Waals surface area contributed by atoms with E-state index in [0.29, 0.717) is 31.9 Å². The van der Waals surface area contributed by atoms with Crippen LogP contribution in [0.2, 0.25) is 0 Å². The Hall–Kier alpha value is -3.09. The van der Waals surface area contributed by atoms with Gasteiger partial charge in [-0.15, -0.1) is 0 Å². The summed E-state index contributed by atoms with van der Waals surface area (Å²) < 4.78 is 5.32. The minimum absolute atomic E-state index is 0.130. The quantitative estimate of drug-likeness (QED) is 0.840. The van der Waals surface area contributed by atoms with Crippen LogP contribution in [0.5, 0.6) is 5.75 Å². The van der Waals surface area contributed by atoms with Crippen LogP contribution in [-0.4, -0.2) is 60.4 Å². The summed E-state index contributed by atoms with van der Waals surface area (Å²) in [5.41, 5.74) is 1.95. The molecule has 1 fully saturated rings. The van der Waals surface area contributed by atoms with Crippen LogP contribution in [0.25, 0.3) is 0 Å². The Morgan fingerprint density at radius 2 is 1.96 bits per heavy atom. The number of para-hydroxylation sites is 2. The van der Waals surface area contributed by atoms with Gasteiger partial charge in [-0.25, -0.2) is 0 Å². The van der Waals surface area contributed by atoms with Crippen molar-refractivity contribution in [2.75, 3.05) is 38.6 Å². The molecule has 0 aliphatic carbocycles. The second kappa shape index (κ2) is 7.65. The van der Waals surface area contributed by atoms with Crippen molar-refractivity contribution in [3.8, 4) is 5.75 Å². The number of methoxy groups -OCH3 is 1. The second-order valence-electron chi connectivity index (χ2n) is 5.69. The highest BCUT2D eigenvalue weighted by molar-refractivity contribution is 5.93. The number of hydrogen-bond donors (Lipinski definition) is 1. The lowest BCUT2D eigenvalue weighted by Gasteiger charge is -2.32. The Bertz CT molecular complexity index is 757. The minimum Gasteiger partial charge on any atom is -0.495 e. The number of rotatable bonds is 5. The molecule has 1 aromatic carbocycles. The number of carbonyl (C=O) groups excluding carboxylic acids is 2. The average Bonchev–Trinajstić information content (AvgIpc) is 2.68. The maximum Gasteiger partial charge on any atom is 0.272 e. The van der Waals surface area contributed by atoms with Gasteiger partial charge in [0.05, 0.1) is 12.8 Å². The van der Waals surface area contributed by atoms with E-state index in [2.05, 4.69) is 10.3 Å². The van der Waals surface area contributed by atoms with Gasteiger partial charge in [0, 0.05) is 38.1 Å². The number of aromatic nitrogens is 1. The number of pyridine rings is 1. The maximum absolute atomic E-state index is 12.6. The highest BCUT2D eigenvalue weighted by Gasteiger charge is 2.22. The van der Waals surface area contributed by atoms with Crippen molar-refractivity contribution in [2.45, 2.75) is 0 Å². The van der Waals surface area contributed by atoms with Crippen molar-refractivity contribution in [3.05, 3.63) is 48.3 Å². The van der Waals surface area contributed by atoms with Gasteiger partial charge in [-0.05, 0) is 24.3 Å². The van der Waals surface area contributed by atoms with Gasteiger partial charge in [0.1, 0.15) is 11.4 Å². The summed E-state index contributed by atoms with van der Waals surface area (Å²) in [6.07, 6.45) is 2.42. The third-order valence-corrected chi connectivity index (χ3v) is 4.12. The highest BCUT2D eigenvalue weighted by Crippen LogP contribution is 2.27. The van der Waals surface area contributed by atoms with Crippen molar-refractivity contribution in [3.63, 3.8) is 0 Å². The third-order valence-electron chi connectivity index (χ3n) is 4.12. The average molecular weight is 340 g/mol. The first-order chi connectivity index (χ1) is 12.2. The Balaban J connectivity index is 1.73. The Morgan fingerprint density at radius 1 is 1.20 bits per heavy atom. The smallest absolute Gasteiger partial charge is 0.272 e. The van der Waals surface area contributed by atoms with E-state index in [1.807, 2.05) is 24.3 Å². The van der Waals surface area contributed by atoms with Crippen molar-refractivity contribution >= 4 is 23.7 Å². The lowest BCUT2D eigenvalue weighted by Crippen LogP contribution is -2.48. The zero-order chi connectivity index (χ0) is 17.6. The van der Waals surface area contributed by atoms with E-state index in [4.69, 9.17) is 4.74 Å². The van der Waals surface area contributed by atoms with Gasteiger partial charge in [-0.2, -0.15) is 0 Å². The molecule has 3 rings (SSSR count). The summed E-state index contributed by atoms with van der Waals surface area (Å²) in [4.78, 5) is 31.0. The van der Waals surface area contributed by atoms with Crippen LogP contribution in [0.3, 0.4) is 0 Å². The van der Waals surface area contributed by atoms with E-state index < -0.39 is 0 Å². The van der Waals surface area contributed by atoms with Crippen LogP contribution in [-0.2, 0) is 4.79 Å². The Labute approximate surface area is 146 Å². The summed E-state index contributed by atoms with van der Waals surface area (Å²) in [5, 5.41) is 3.25. The van der Waals surface area contributed by atoms with Gasteiger partial charge in [0.15, 0.2) is 0 Å². The zero-order valence-electron chi connectivity index (χ0n) is 14.0. The molecule has 7 heteroatoms. The summed E-state index contributed by atoms with van der Waals surface area (Å²) in [6.45, 7) is 2.13. The van der Waals surface area contributed by atoms with E-state index in [9.17, 15) is 9.59 Å². The molecule has 1 aliphatic rings. The van der Waals surface area contributed by atoms with Crippen molar-refractivity contribution < 1.29 is 14.3 Å². The monoisotopic (exact) mass is 340 g/mol. The summed E-state index contributed by atoms with van der Waals surface area (Å²) in [6, 6.07) is 11.1. The number of anilines is 2. The second-order valence-corrected chi connectivity index (χ2v) is 5.69. The highest BCUT2D eigenvalue weighted by atomic mass is 16.5. The fraction of sp³-hybridized carbons (Fsp3) is 0.278. The fourth-order valence-corrected chi connectivity index (χ4v) is 2.72. The van der Waals surface area contributed by atoms with Crippen LogP contribution in [0.4, 0.5) is 11.4 Å². The van der Waals surface area contributed by atoms with Gasteiger partial charge in [-0.1, -0.05) is 12.1 Å². The number of carbonyl (C=O) groups is 2. The number of ether oxygens (including phenoxy) is 1. The van der Waals surface area contributed by atoms with Crippen molar-refractivity contribution in [1.82, 2.24) is 14.8 Å². The molecule has 0 atom stereocenters. The fourth-order valence-electron chi connectivity index (χ4n) is 2.72. The predicted molar refractivity (Wildman–Crippen MR) is 94.1 cm³/mol. The summed E-state index contributed by atoms with van der Waals surface area (Å²) in [7, 11) is 1.61. The van der Waals surface area contributed by atoms with Gasteiger partial charge in [0.25, 0.3) is 5.91 Å². The molecule has 25 heavy (non-hydrogen) atoms. The van der Waals surface area contributed by atoms with Gasteiger partial charge < -0.3 is 19.9 Å². The molecule has 130 valence electrons. The largest absolute Gasteiger partial charge is 0.495 e.